The van der Waals surface area contributed by atoms with Crippen LogP contribution in [0.5, 0.6) is 0 Å². The highest BCUT2D eigenvalue weighted by Crippen LogP contribution is 2.28. The summed E-state index contributed by atoms with van der Waals surface area (Å²) in [6.07, 6.45) is 0. The van der Waals surface area contributed by atoms with Gasteiger partial charge >= 0.3 is 0 Å². The molecule has 1 amide bonds. The third kappa shape index (κ3) is 4.22. The molecule has 0 fully saturated rings. The molecule has 2 heterocycles. The van der Waals surface area contributed by atoms with Crippen LogP contribution in [0.3, 0.4) is 0 Å². The number of nitrogens with one attached hydrogen (secondary N) is 1. The lowest BCUT2D eigenvalue weighted by molar-refractivity contribution is -0.113. The molecule has 0 radical (unpaired) electrons. The molecule has 6 aromatic rings. The van der Waals surface area contributed by atoms with Crippen molar-refractivity contribution in [1.82, 2.24) is 19.7 Å². The number of carbonyl (C=O) groups is 1. The zero-order chi connectivity index (χ0) is 23.6. The van der Waals surface area contributed by atoms with Crippen LogP contribution in [-0.4, -0.2) is 31.4 Å². The van der Waals surface area contributed by atoms with Crippen LogP contribution < -0.4 is 5.32 Å². The van der Waals surface area contributed by atoms with Gasteiger partial charge < -0.3 is 9.88 Å². The molecule has 35 heavy (non-hydrogen) atoms. The van der Waals surface area contributed by atoms with Gasteiger partial charge in [0, 0.05) is 23.0 Å². The highest BCUT2D eigenvalue weighted by molar-refractivity contribution is 7.99. The number of amides is 1. The molecule has 7 heteroatoms. The minimum Gasteiger partial charge on any atom is -0.325 e. The van der Waals surface area contributed by atoms with Gasteiger partial charge in [-0.05, 0) is 23.1 Å². The van der Waals surface area contributed by atoms with E-state index < -0.39 is 0 Å². The zero-order valence-corrected chi connectivity index (χ0v) is 19.6. The lowest BCUT2D eigenvalue weighted by Gasteiger charge is -2.09. The largest absolute Gasteiger partial charge is 0.325 e. The number of para-hydroxylation sites is 1. The van der Waals surface area contributed by atoms with E-state index in [1.807, 2.05) is 78.9 Å². The Labute approximate surface area is 206 Å². The lowest BCUT2D eigenvalue weighted by Crippen LogP contribution is -2.14. The molecule has 0 aliphatic rings. The fourth-order valence-corrected chi connectivity index (χ4v) is 4.91. The summed E-state index contributed by atoms with van der Waals surface area (Å²) >= 11 is 1.28. The summed E-state index contributed by atoms with van der Waals surface area (Å²) in [4.78, 5) is 17.5. The zero-order valence-electron chi connectivity index (χ0n) is 18.8. The van der Waals surface area contributed by atoms with E-state index in [2.05, 4.69) is 38.3 Å². The van der Waals surface area contributed by atoms with Crippen molar-refractivity contribution in [2.24, 2.45) is 0 Å². The van der Waals surface area contributed by atoms with Crippen molar-refractivity contribution in [2.45, 2.75) is 11.7 Å². The predicted molar refractivity (Wildman–Crippen MR) is 142 cm³/mol. The topological polar surface area (TPSA) is 72.7 Å². The van der Waals surface area contributed by atoms with Crippen molar-refractivity contribution in [3.05, 3.63) is 103 Å². The lowest BCUT2D eigenvalue weighted by atomic mass is 10.1. The van der Waals surface area contributed by atoms with Gasteiger partial charge in [0.1, 0.15) is 5.52 Å². The maximum Gasteiger partial charge on any atom is 0.234 e. The maximum atomic E-state index is 12.7. The van der Waals surface area contributed by atoms with Crippen molar-refractivity contribution >= 4 is 56.2 Å². The Kier molecular flexibility index (Phi) is 5.60. The molecule has 6 nitrogen and oxygen atoms in total. The Morgan fingerprint density at radius 2 is 1.54 bits per heavy atom. The second-order valence-corrected chi connectivity index (χ2v) is 9.16. The molecule has 6 rings (SSSR count). The number of rotatable bonds is 6. The fraction of sp³-hybridized carbons (Fsp3) is 0.0714. The van der Waals surface area contributed by atoms with E-state index in [4.69, 9.17) is 4.98 Å². The average Bonchev–Trinajstić information content (AvgIpc) is 3.21. The van der Waals surface area contributed by atoms with Crippen LogP contribution in [0.2, 0.25) is 0 Å². The number of benzene rings is 4. The number of anilines is 1. The summed E-state index contributed by atoms with van der Waals surface area (Å²) in [5, 5.41) is 15.4. The van der Waals surface area contributed by atoms with Gasteiger partial charge in [-0.2, -0.15) is 0 Å². The smallest absolute Gasteiger partial charge is 0.234 e. The molecule has 0 bridgehead atoms. The minimum atomic E-state index is -0.111. The summed E-state index contributed by atoms with van der Waals surface area (Å²) < 4.78 is 2.16. The number of fused-ring (bicyclic) bond motifs is 4. The van der Waals surface area contributed by atoms with Gasteiger partial charge in [-0.3, -0.25) is 4.79 Å². The molecule has 2 aromatic heterocycles. The Morgan fingerprint density at radius 1 is 0.800 bits per heavy atom. The minimum absolute atomic E-state index is 0.111. The van der Waals surface area contributed by atoms with Crippen LogP contribution in [-0.2, 0) is 11.3 Å². The molecule has 170 valence electrons. The quantitative estimate of drug-likeness (QED) is 0.303. The van der Waals surface area contributed by atoms with Crippen molar-refractivity contribution < 1.29 is 4.79 Å². The molecule has 0 aliphatic carbocycles. The third-order valence-electron chi connectivity index (χ3n) is 5.93. The molecule has 4 aromatic carbocycles. The van der Waals surface area contributed by atoms with Crippen LogP contribution in [0.1, 0.15) is 5.56 Å². The highest BCUT2D eigenvalue weighted by atomic mass is 32.2. The van der Waals surface area contributed by atoms with Gasteiger partial charge in [-0.1, -0.05) is 96.7 Å². The van der Waals surface area contributed by atoms with E-state index in [1.54, 1.807) is 0 Å². The Bertz CT molecular complexity index is 1670. The van der Waals surface area contributed by atoms with Crippen molar-refractivity contribution in [1.29, 1.82) is 0 Å². The molecule has 0 spiro atoms. The first kappa shape index (κ1) is 21.3. The number of thioether (sulfide) groups is 1. The summed E-state index contributed by atoms with van der Waals surface area (Å²) in [6.45, 7) is 0.676. The van der Waals surface area contributed by atoms with E-state index >= 15 is 0 Å². The molecular formula is C28H21N5OS. The number of hydrogen-bond donors (Lipinski definition) is 1. The van der Waals surface area contributed by atoms with Crippen LogP contribution >= 0.6 is 11.8 Å². The number of hydrogen-bond acceptors (Lipinski definition) is 5. The first-order chi connectivity index (χ1) is 17.3. The van der Waals surface area contributed by atoms with Gasteiger partial charge in [-0.15, -0.1) is 10.2 Å². The van der Waals surface area contributed by atoms with Crippen molar-refractivity contribution in [2.75, 3.05) is 11.1 Å². The molecule has 0 unspecified atom stereocenters. The predicted octanol–water partition coefficient (Wildman–Crippen LogP) is 5.91. The number of nitrogens with zero attached hydrogens (tertiary/aromatic N) is 4. The second-order valence-electron chi connectivity index (χ2n) is 8.22. The molecular weight excluding hydrogens is 454 g/mol. The summed E-state index contributed by atoms with van der Waals surface area (Å²) in [5.74, 6) is 0.0786. The van der Waals surface area contributed by atoms with E-state index in [0.29, 0.717) is 11.7 Å². The van der Waals surface area contributed by atoms with Gasteiger partial charge in [0.05, 0.1) is 11.3 Å². The SMILES string of the molecule is O=C(CSc1nnc2c3ccccc3n(Cc3ccccc3)c2n1)Nc1cccc2ccccc12. The average molecular weight is 476 g/mol. The Morgan fingerprint density at radius 3 is 2.43 bits per heavy atom. The van der Waals surface area contributed by atoms with Crippen LogP contribution in [0.25, 0.3) is 32.8 Å². The van der Waals surface area contributed by atoms with E-state index in [-0.39, 0.29) is 11.7 Å². The maximum absolute atomic E-state index is 12.7. The molecule has 1 N–H and O–H groups in total. The van der Waals surface area contributed by atoms with Gasteiger partial charge in [0.15, 0.2) is 5.65 Å². The van der Waals surface area contributed by atoms with Crippen LogP contribution in [0.15, 0.2) is 102 Å². The number of aromatic nitrogens is 4. The molecule has 0 saturated heterocycles. The van der Waals surface area contributed by atoms with Crippen molar-refractivity contribution in [3.63, 3.8) is 0 Å². The number of carbonyl (C=O) groups excluding carboxylic acids is 1. The van der Waals surface area contributed by atoms with E-state index in [0.717, 1.165) is 38.5 Å². The molecule has 0 saturated carbocycles. The normalized spacial score (nSPS) is 11.3. The highest BCUT2D eigenvalue weighted by Gasteiger charge is 2.16. The first-order valence-corrected chi connectivity index (χ1v) is 12.3. The van der Waals surface area contributed by atoms with E-state index in [1.165, 1.54) is 17.3 Å². The van der Waals surface area contributed by atoms with Gasteiger partial charge in [-0.25, -0.2) is 4.98 Å². The molecule has 0 atom stereocenters. The second kappa shape index (κ2) is 9.19. The fourth-order valence-electron chi connectivity index (χ4n) is 4.33. The van der Waals surface area contributed by atoms with Crippen molar-refractivity contribution in [3.8, 4) is 0 Å². The third-order valence-corrected chi connectivity index (χ3v) is 6.77. The monoisotopic (exact) mass is 475 g/mol. The first-order valence-electron chi connectivity index (χ1n) is 11.3. The Balaban J connectivity index is 1.27. The van der Waals surface area contributed by atoms with Gasteiger partial charge in [0.25, 0.3) is 0 Å². The molecule has 0 aliphatic heterocycles. The summed E-state index contributed by atoms with van der Waals surface area (Å²) in [6, 6.07) is 32.3. The van der Waals surface area contributed by atoms with Crippen LogP contribution in [0.4, 0.5) is 5.69 Å². The van der Waals surface area contributed by atoms with E-state index in [9.17, 15) is 4.79 Å². The van der Waals surface area contributed by atoms with Crippen LogP contribution in [0, 0.1) is 0 Å². The summed E-state index contributed by atoms with van der Waals surface area (Å²) in [5.41, 5.74) is 4.57. The summed E-state index contributed by atoms with van der Waals surface area (Å²) in [7, 11) is 0. The standard InChI is InChI=1S/C28H21N5OS/c34-25(29-23-15-8-12-20-11-4-5-13-21(20)23)18-35-28-30-27-26(31-32-28)22-14-6-7-16-24(22)33(27)17-19-9-2-1-3-10-19/h1-16H,17-18H2,(H,29,34). The Hall–Kier alpha value is -4.23. The van der Waals surface area contributed by atoms with Gasteiger partial charge in [0.2, 0.25) is 11.1 Å².